The first-order valence-electron chi connectivity index (χ1n) is 3.50. The number of halogens is 1. The smallest absolute Gasteiger partial charge is 0.130 e. The van der Waals surface area contributed by atoms with Crippen LogP contribution in [-0.2, 0) is 0 Å². The van der Waals surface area contributed by atoms with Gasteiger partial charge in [-0.25, -0.2) is 4.39 Å². The van der Waals surface area contributed by atoms with Gasteiger partial charge in [-0.15, -0.1) is 0 Å². The van der Waals surface area contributed by atoms with E-state index in [0.29, 0.717) is 0 Å². The number of hydrogen-bond acceptors (Lipinski definition) is 0. The van der Waals surface area contributed by atoms with Crippen molar-refractivity contribution in [2.24, 2.45) is 0 Å². The van der Waals surface area contributed by atoms with Crippen molar-refractivity contribution in [3.05, 3.63) is 30.2 Å². The largest absolute Gasteiger partial charge is 0.239 e. The van der Waals surface area contributed by atoms with Crippen LogP contribution >= 0.6 is 0 Å². The van der Waals surface area contributed by atoms with Crippen LogP contribution < -0.4 is 0 Å². The van der Waals surface area contributed by atoms with E-state index >= 15 is 0 Å². The van der Waals surface area contributed by atoms with Crippen molar-refractivity contribution < 1.29 is 4.39 Å². The van der Waals surface area contributed by atoms with E-state index in [0.717, 1.165) is 12.0 Å². The molecule has 0 spiro atoms. The predicted molar refractivity (Wildman–Crippen MR) is 41.3 cm³/mol. The Kier molecular flexibility index (Phi) is 1.93. The topological polar surface area (TPSA) is 0 Å². The molecule has 1 rings (SSSR count). The number of rotatable bonds is 1. The summed E-state index contributed by atoms with van der Waals surface area (Å²) in [7, 11) is 0. The molecule has 0 bridgehead atoms. The first-order chi connectivity index (χ1) is 4.61. The predicted octanol–water partition coefficient (Wildman–Crippen LogP) is 2.83. The Morgan fingerprint density at radius 3 is 2.50 bits per heavy atom. The van der Waals surface area contributed by atoms with Crippen molar-refractivity contribution in [2.75, 3.05) is 0 Å². The average molecular weight is 139 g/mol. The third-order valence-electron chi connectivity index (χ3n) is 1.57. The molecule has 0 N–H and O–H groups in total. The van der Waals surface area contributed by atoms with Gasteiger partial charge in [-0.1, -0.05) is 18.2 Å². The van der Waals surface area contributed by atoms with Gasteiger partial charge in [-0.05, 0) is 32.3 Å². The van der Waals surface area contributed by atoms with Crippen LogP contribution in [0.15, 0.2) is 23.8 Å². The van der Waals surface area contributed by atoms with E-state index in [-0.39, 0.29) is 0 Å². The zero-order chi connectivity index (χ0) is 7.61. The maximum atomic E-state index is 13.1. The molecule has 55 valence electrons. The minimum absolute atomic E-state index is 0.787. The molecule has 0 amide bonds. The fourth-order valence-corrected chi connectivity index (χ4v) is 0.954. The molecule has 0 fully saturated rings. The molecule has 0 aliphatic heterocycles. The van der Waals surface area contributed by atoms with Crippen molar-refractivity contribution in [1.29, 1.82) is 0 Å². The number of hydrogen-bond donors (Lipinski definition) is 0. The second kappa shape index (κ2) is 2.57. The Balaban J connectivity index is 2.73. The summed E-state index contributed by atoms with van der Waals surface area (Å²) >= 11 is 0. The van der Waals surface area contributed by atoms with Crippen LogP contribution in [-0.4, -0.2) is 5.67 Å². The number of alkyl halides is 1. The van der Waals surface area contributed by atoms with Crippen molar-refractivity contribution in [3.63, 3.8) is 0 Å². The second-order valence-corrected chi connectivity index (χ2v) is 2.96. The Hall–Kier alpha value is -0.590. The monoisotopic (exact) mass is 139 g/mol. The molecular formula is C9H12F. The van der Waals surface area contributed by atoms with E-state index in [4.69, 9.17) is 0 Å². The molecular weight excluding hydrogens is 127 g/mol. The Morgan fingerprint density at radius 2 is 2.20 bits per heavy atom. The molecule has 1 radical (unpaired) electrons. The Morgan fingerprint density at radius 1 is 1.50 bits per heavy atom. The van der Waals surface area contributed by atoms with Crippen LogP contribution in [0.3, 0.4) is 0 Å². The first kappa shape index (κ1) is 7.52. The Bertz CT molecular complexity index is 170. The van der Waals surface area contributed by atoms with Gasteiger partial charge < -0.3 is 0 Å². The molecule has 0 heterocycles. The Labute approximate surface area is 61.4 Å². The first-order valence-corrected chi connectivity index (χ1v) is 3.50. The molecule has 0 unspecified atom stereocenters. The van der Waals surface area contributed by atoms with Gasteiger partial charge in [-0.3, -0.25) is 0 Å². The van der Waals surface area contributed by atoms with Gasteiger partial charge in [0.1, 0.15) is 5.67 Å². The van der Waals surface area contributed by atoms with Crippen LogP contribution in [0.2, 0.25) is 0 Å². The SMILES string of the molecule is CC(C)(F)C1=CC[CH]C=C1. The second-order valence-electron chi connectivity index (χ2n) is 2.96. The van der Waals surface area contributed by atoms with Gasteiger partial charge in [0, 0.05) is 0 Å². The molecule has 0 saturated carbocycles. The van der Waals surface area contributed by atoms with Gasteiger partial charge in [0.15, 0.2) is 0 Å². The molecule has 0 atom stereocenters. The minimum atomic E-state index is -1.18. The van der Waals surface area contributed by atoms with E-state index in [1.54, 1.807) is 13.8 Å². The standard InChI is InChI=1S/C9H12F/c1-9(2,10)8-6-4-3-5-7-8/h3-4,6-7H,5H2,1-2H3. The van der Waals surface area contributed by atoms with Gasteiger partial charge in [0.05, 0.1) is 0 Å². The van der Waals surface area contributed by atoms with Crippen LogP contribution in [0, 0.1) is 6.42 Å². The third kappa shape index (κ3) is 1.69. The summed E-state index contributed by atoms with van der Waals surface area (Å²) in [6.45, 7) is 3.16. The molecule has 0 saturated heterocycles. The molecule has 1 aliphatic rings. The summed E-state index contributed by atoms with van der Waals surface area (Å²) in [4.78, 5) is 0. The third-order valence-corrected chi connectivity index (χ3v) is 1.57. The zero-order valence-corrected chi connectivity index (χ0v) is 6.39. The van der Waals surface area contributed by atoms with Crippen LogP contribution in [0.25, 0.3) is 0 Å². The van der Waals surface area contributed by atoms with Gasteiger partial charge in [-0.2, -0.15) is 0 Å². The van der Waals surface area contributed by atoms with Gasteiger partial charge in [0.25, 0.3) is 0 Å². The zero-order valence-electron chi connectivity index (χ0n) is 6.39. The summed E-state index contributed by atoms with van der Waals surface area (Å²) in [6.07, 6.45) is 8.51. The summed E-state index contributed by atoms with van der Waals surface area (Å²) in [5.74, 6) is 0. The van der Waals surface area contributed by atoms with Crippen molar-refractivity contribution in [1.82, 2.24) is 0 Å². The lowest BCUT2D eigenvalue weighted by Crippen LogP contribution is -2.15. The lowest BCUT2D eigenvalue weighted by Gasteiger charge is -2.17. The molecule has 0 aromatic carbocycles. The van der Waals surface area contributed by atoms with Crippen LogP contribution in [0.5, 0.6) is 0 Å². The molecule has 0 nitrogen and oxygen atoms in total. The quantitative estimate of drug-likeness (QED) is 0.524. The van der Waals surface area contributed by atoms with E-state index in [1.165, 1.54) is 0 Å². The lowest BCUT2D eigenvalue weighted by molar-refractivity contribution is 0.273. The normalized spacial score (nSPS) is 18.9. The summed E-state index contributed by atoms with van der Waals surface area (Å²) in [6, 6.07) is 0. The van der Waals surface area contributed by atoms with E-state index < -0.39 is 5.67 Å². The maximum Gasteiger partial charge on any atom is 0.130 e. The minimum Gasteiger partial charge on any atom is -0.239 e. The highest BCUT2D eigenvalue weighted by Gasteiger charge is 2.19. The highest BCUT2D eigenvalue weighted by molar-refractivity contribution is 5.32. The average Bonchev–Trinajstić information content (AvgIpc) is 1.88. The van der Waals surface area contributed by atoms with Gasteiger partial charge >= 0.3 is 0 Å². The summed E-state index contributed by atoms with van der Waals surface area (Å²) < 4.78 is 13.1. The van der Waals surface area contributed by atoms with E-state index in [1.807, 2.05) is 24.6 Å². The van der Waals surface area contributed by atoms with Crippen LogP contribution in [0.1, 0.15) is 20.3 Å². The summed E-state index contributed by atoms with van der Waals surface area (Å²) in [5.41, 5.74) is -0.389. The fourth-order valence-electron chi connectivity index (χ4n) is 0.954. The van der Waals surface area contributed by atoms with Crippen molar-refractivity contribution in [3.8, 4) is 0 Å². The van der Waals surface area contributed by atoms with Gasteiger partial charge in [0.2, 0.25) is 0 Å². The van der Waals surface area contributed by atoms with E-state index in [2.05, 4.69) is 0 Å². The molecule has 1 aliphatic carbocycles. The maximum absolute atomic E-state index is 13.1. The van der Waals surface area contributed by atoms with E-state index in [9.17, 15) is 4.39 Å². The highest BCUT2D eigenvalue weighted by atomic mass is 19.1. The summed E-state index contributed by atoms with van der Waals surface area (Å²) in [5, 5.41) is 0. The molecule has 0 aromatic rings. The lowest BCUT2D eigenvalue weighted by atomic mass is 9.95. The number of allylic oxidation sites excluding steroid dienone is 4. The van der Waals surface area contributed by atoms with Crippen molar-refractivity contribution in [2.45, 2.75) is 25.9 Å². The van der Waals surface area contributed by atoms with Crippen molar-refractivity contribution >= 4 is 0 Å². The highest BCUT2D eigenvalue weighted by Crippen LogP contribution is 2.24. The van der Waals surface area contributed by atoms with Crippen LogP contribution in [0.4, 0.5) is 4.39 Å². The fraction of sp³-hybridized carbons (Fsp3) is 0.444. The molecule has 1 heteroatoms. The molecule has 10 heavy (non-hydrogen) atoms. The molecule has 0 aromatic heterocycles.